The zero-order valence-corrected chi connectivity index (χ0v) is 20.5. The Bertz CT molecular complexity index is 1550. The molecule has 0 radical (unpaired) electrons. The van der Waals surface area contributed by atoms with Crippen LogP contribution in [0, 0.1) is 0 Å². The van der Waals surface area contributed by atoms with Gasteiger partial charge in [-0.1, -0.05) is 128 Å². The maximum atomic E-state index is 3.78. The summed E-state index contributed by atoms with van der Waals surface area (Å²) in [4.78, 5) is 0. The minimum Gasteiger partial charge on any atom is -0.374 e. The van der Waals surface area contributed by atoms with Gasteiger partial charge in [0, 0.05) is 5.70 Å². The van der Waals surface area contributed by atoms with Crippen molar-refractivity contribution in [1.29, 1.82) is 0 Å². The molecule has 1 nitrogen and oxygen atoms in total. The van der Waals surface area contributed by atoms with Gasteiger partial charge in [-0.3, -0.25) is 0 Å². The van der Waals surface area contributed by atoms with Crippen molar-refractivity contribution in [3.63, 3.8) is 0 Å². The second-order valence-corrected chi connectivity index (χ2v) is 9.33. The molecule has 1 aliphatic heterocycles. The normalized spacial score (nSPS) is 15.2. The first-order valence-corrected chi connectivity index (χ1v) is 12.7. The number of fused-ring (bicyclic) bond motifs is 1. The largest absolute Gasteiger partial charge is 0.374 e. The van der Waals surface area contributed by atoms with Gasteiger partial charge >= 0.3 is 0 Å². The van der Waals surface area contributed by atoms with Crippen LogP contribution in [0.25, 0.3) is 33.2 Å². The lowest BCUT2D eigenvalue weighted by Crippen LogP contribution is -2.21. The van der Waals surface area contributed by atoms with E-state index in [9.17, 15) is 0 Å². The molecule has 0 bridgehead atoms. The van der Waals surface area contributed by atoms with Crippen molar-refractivity contribution in [2.24, 2.45) is 0 Å². The van der Waals surface area contributed by atoms with Crippen LogP contribution in [0.5, 0.6) is 0 Å². The van der Waals surface area contributed by atoms with Gasteiger partial charge < -0.3 is 5.32 Å². The molecule has 36 heavy (non-hydrogen) atoms. The summed E-state index contributed by atoms with van der Waals surface area (Å²) in [6, 6.07) is 43.7. The third-order valence-electron chi connectivity index (χ3n) is 7.10. The third kappa shape index (κ3) is 4.25. The first-order valence-electron chi connectivity index (χ1n) is 12.7. The lowest BCUT2D eigenvalue weighted by Gasteiger charge is -2.26. The van der Waals surface area contributed by atoms with E-state index in [0.717, 1.165) is 12.1 Å². The van der Waals surface area contributed by atoms with Gasteiger partial charge in [0.1, 0.15) is 0 Å². The van der Waals surface area contributed by atoms with Crippen LogP contribution in [0.4, 0.5) is 0 Å². The van der Waals surface area contributed by atoms with E-state index < -0.39 is 0 Å². The second-order valence-electron chi connectivity index (χ2n) is 9.33. The average Bonchev–Trinajstić information content (AvgIpc) is 2.97. The Kier molecular flexibility index (Phi) is 5.97. The summed E-state index contributed by atoms with van der Waals surface area (Å²) >= 11 is 0. The summed E-state index contributed by atoms with van der Waals surface area (Å²) in [7, 11) is 0. The molecule has 174 valence electrons. The highest BCUT2D eigenvalue weighted by atomic mass is 14.9. The monoisotopic (exact) mass is 463 g/mol. The zero-order valence-electron chi connectivity index (χ0n) is 20.5. The van der Waals surface area contributed by atoms with Gasteiger partial charge in [-0.2, -0.15) is 0 Å². The fourth-order valence-electron chi connectivity index (χ4n) is 5.23. The van der Waals surface area contributed by atoms with Crippen molar-refractivity contribution in [1.82, 2.24) is 5.32 Å². The number of rotatable bonds is 5. The van der Waals surface area contributed by atoms with Crippen molar-refractivity contribution in [2.75, 3.05) is 0 Å². The van der Waals surface area contributed by atoms with E-state index >= 15 is 0 Å². The van der Waals surface area contributed by atoms with Gasteiger partial charge in [0.05, 0.1) is 6.04 Å². The maximum Gasteiger partial charge on any atom is 0.0707 e. The Morgan fingerprint density at radius 3 is 2.00 bits per heavy atom. The molecule has 0 aliphatic carbocycles. The van der Waals surface area contributed by atoms with Gasteiger partial charge in [-0.15, -0.1) is 0 Å². The summed E-state index contributed by atoms with van der Waals surface area (Å²) in [5.74, 6) is 0. The molecule has 0 fully saturated rings. The first kappa shape index (κ1) is 22.1. The Balaban J connectivity index is 1.39. The van der Waals surface area contributed by atoms with Gasteiger partial charge in [0.15, 0.2) is 0 Å². The molecule has 1 aliphatic rings. The van der Waals surface area contributed by atoms with Crippen molar-refractivity contribution < 1.29 is 0 Å². The maximum absolute atomic E-state index is 3.78. The van der Waals surface area contributed by atoms with Crippen molar-refractivity contribution in [3.05, 3.63) is 156 Å². The number of aryl methyl sites for hydroxylation is 1. The van der Waals surface area contributed by atoms with E-state index in [4.69, 9.17) is 0 Å². The molecule has 0 saturated heterocycles. The Hall–Kier alpha value is -4.36. The van der Waals surface area contributed by atoms with Crippen LogP contribution in [0.2, 0.25) is 0 Å². The number of hydrogen-bond acceptors (Lipinski definition) is 1. The van der Waals surface area contributed by atoms with Crippen LogP contribution in [-0.4, -0.2) is 0 Å². The van der Waals surface area contributed by atoms with Gasteiger partial charge in [-0.25, -0.2) is 0 Å². The molecular weight excluding hydrogens is 434 g/mol. The highest BCUT2D eigenvalue weighted by Crippen LogP contribution is 2.35. The minimum atomic E-state index is 0.117. The average molecular weight is 464 g/mol. The number of nitrogens with one attached hydrogen (secondary N) is 1. The smallest absolute Gasteiger partial charge is 0.0707 e. The molecule has 0 amide bonds. The van der Waals surface area contributed by atoms with Crippen LogP contribution in [0.15, 0.2) is 133 Å². The number of allylic oxidation sites excluding steroid dienone is 2. The summed E-state index contributed by atoms with van der Waals surface area (Å²) in [5, 5.41) is 6.44. The summed E-state index contributed by atoms with van der Waals surface area (Å²) in [5.41, 5.74) is 10.0. The molecule has 5 aromatic carbocycles. The van der Waals surface area contributed by atoms with Crippen molar-refractivity contribution in [3.8, 4) is 11.1 Å². The number of dihydropyridines is 1. The lowest BCUT2D eigenvalue weighted by atomic mass is 9.91. The van der Waals surface area contributed by atoms with E-state index in [-0.39, 0.29) is 6.04 Å². The molecule has 0 saturated carbocycles. The summed E-state index contributed by atoms with van der Waals surface area (Å²) in [6.45, 7) is 2.23. The summed E-state index contributed by atoms with van der Waals surface area (Å²) < 4.78 is 0. The molecule has 5 aromatic rings. The Morgan fingerprint density at radius 1 is 0.611 bits per heavy atom. The highest BCUT2D eigenvalue weighted by molar-refractivity contribution is 5.99. The Labute approximate surface area is 213 Å². The topological polar surface area (TPSA) is 12.0 Å². The lowest BCUT2D eigenvalue weighted by molar-refractivity contribution is 0.767. The predicted molar refractivity (Wildman–Crippen MR) is 153 cm³/mol. The molecule has 0 spiro atoms. The number of benzene rings is 5. The van der Waals surface area contributed by atoms with E-state index in [2.05, 4.69) is 146 Å². The molecule has 0 aromatic heterocycles. The molecular formula is C35H29N. The first-order chi connectivity index (χ1) is 17.8. The third-order valence-corrected chi connectivity index (χ3v) is 7.10. The quantitative estimate of drug-likeness (QED) is 0.274. The molecule has 1 heterocycles. The fraction of sp³-hybridized carbons (Fsp3) is 0.0857. The molecule has 1 atom stereocenters. The van der Waals surface area contributed by atoms with Crippen LogP contribution in [0.3, 0.4) is 0 Å². The molecule has 1 N–H and O–H groups in total. The van der Waals surface area contributed by atoms with Crippen LogP contribution >= 0.6 is 0 Å². The molecule has 1 heteroatoms. The Morgan fingerprint density at radius 2 is 1.28 bits per heavy atom. The van der Waals surface area contributed by atoms with Gasteiger partial charge in [0.2, 0.25) is 0 Å². The van der Waals surface area contributed by atoms with Crippen molar-refractivity contribution in [2.45, 2.75) is 19.4 Å². The zero-order chi connectivity index (χ0) is 24.3. The number of hydrogen-bond donors (Lipinski definition) is 1. The van der Waals surface area contributed by atoms with Gasteiger partial charge in [-0.05, 0) is 68.3 Å². The van der Waals surface area contributed by atoms with E-state index in [1.54, 1.807) is 0 Å². The van der Waals surface area contributed by atoms with E-state index in [1.165, 1.54) is 49.7 Å². The highest BCUT2D eigenvalue weighted by Gasteiger charge is 2.18. The molecule has 6 rings (SSSR count). The van der Waals surface area contributed by atoms with Gasteiger partial charge in [0.25, 0.3) is 0 Å². The minimum absolute atomic E-state index is 0.117. The second kappa shape index (κ2) is 9.71. The van der Waals surface area contributed by atoms with Crippen LogP contribution < -0.4 is 5.32 Å². The standard InChI is InChI=1S/C35H29N/c1-2-25-15-9-16-30-17-10-18-32(35(25)30)27-19-21-29(22-20-27)34-24-31(26-11-5-3-6-12-26)23-33(36-34)28-13-7-4-8-14-28/h3-24,33,36H,2H2,1H3. The van der Waals surface area contributed by atoms with Crippen molar-refractivity contribution >= 4 is 22.0 Å². The van der Waals surface area contributed by atoms with E-state index in [0.29, 0.717) is 0 Å². The van der Waals surface area contributed by atoms with Crippen LogP contribution in [-0.2, 0) is 6.42 Å². The predicted octanol–water partition coefficient (Wildman–Crippen LogP) is 8.84. The fourth-order valence-corrected chi connectivity index (χ4v) is 5.23. The van der Waals surface area contributed by atoms with E-state index in [1.807, 2.05) is 0 Å². The molecule has 1 unspecified atom stereocenters. The van der Waals surface area contributed by atoms with Crippen LogP contribution in [0.1, 0.15) is 35.2 Å². The summed E-state index contributed by atoms with van der Waals surface area (Å²) in [6.07, 6.45) is 5.63. The SMILES string of the molecule is CCc1cccc2cccc(-c3ccc(C4=CC(c5ccccc5)=CC(c5ccccc5)N4)cc3)c12.